The zero-order valence-corrected chi connectivity index (χ0v) is 12.6. The van der Waals surface area contributed by atoms with E-state index in [1.54, 1.807) is 14.1 Å². The summed E-state index contributed by atoms with van der Waals surface area (Å²) < 4.78 is 0. The molecule has 8 nitrogen and oxygen atoms in total. The number of aromatic nitrogens is 2. The monoisotopic (exact) mass is 294 g/mol. The minimum Gasteiger partial charge on any atom is -0.369 e. The van der Waals surface area contributed by atoms with Crippen LogP contribution >= 0.6 is 0 Å². The number of nitrogens with zero attached hydrogens (tertiary/aromatic N) is 3. The number of anilines is 1. The van der Waals surface area contributed by atoms with Gasteiger partial charge in [-0.05, 0) is 6.42 Å². The summed E-state index contributed by atoms with van der Waals surface area (Å²) in [4.78, 5) is 32.6. The first-order valence-electron chi connectivity index (χ1n) is 6.84. The molecule has 21 heavy (non-hydrogen) atoms. The average Bonchev–Trinajstić information content (AvgIpc) is 2.49. The second-order valence-electron chi connectivity index (χ2n) is 4.60. The summed E-state index contributed by atoms with van der Waals surface area (Å²) in [5.74, 6) is 0.329. The Morgan fingerprint density at radius 2 is 1.81 bits per heavy atom. The zero-order valence-electron chi connectivity index (χ0n) is 12.6. The van der Waals surface area contributed by atoms with Crippen molar-refractivity contribution in [2.75, 3.05) is 39.0 Å². The molecule has 0 fully saturated rings. The van der Waals surface area contributed by atoms with Gasteiger partial charge in [-0.25, -0.2) is 14.8 Å². The smallest absolute Gasteiger partial charge is 0.316 e. The Labute approximate surface area is 124 Å². The molecule has 1 aromatic rings. The predicted octanol–water partition coefficient (Wildman–Crippen LogP) is 0.300. The lowest BCUT2D eigenvalue weighted by atomic mass is 10.4. The van der Waals surface area contributed by atoms with Gasteiger partial charge in [0.05, 0.1) is 12.4 Å². The molecule has 1 aromatic heterocycles. The fraction of sp³-hybridized carbons (Fsp3) is 0.538. The third kappa shape index (κ3) is 6.07. The minimum absolute atomic E-state index is 0.199. The van der Waals surface area contributed by atoms with Crippen LogP contribution < -0.4 is 16.0 Å². The molecular formula is C13H22N6O2. The van der Waals surface area contributed by atoms with Crippen molar-refractivity contribution in [2.45, 2.75) is 13.3 Å². The normalized spacial score (nSPS) is 9.86. The summed E-state index contributed by atoms with van der Waals surface area (Å²) in [7, 11) is 3.30. The van der Waals surface area contributed by atoms with Gasteiger partial charge < -0.3 is 20.9 Å². The van der Waals surface area contributed by atoms with Crippen molar-refractivity contribution in [2.24, 2.45) is 0 Å². The Hall–Kier alpha value is -2.38. The lowest BCUT2D eigenvalue weighted by Crippen LogP contribution is -2.39. The Kier molecular flexibility index (Phi) is 6.93. The molecule has 0 aliphatic heterocycles. The Balaban J connectivity index is 2.33. The number of nitrogens with one attached hydrogen (secondary N) is 3. The Bertz CT molecular complexity index is 460. The highest BCUT2D eigenvalue weighted by Crippen LogP contribution is 2.00. The first kappa shape index (κ1) is 16.7. The first-order valence-corrected chi connectivity index (χ1v) is 6.84. The molecule has 0 aromatic carbocycles. The third-order valence-corrected chi connectivity index (χ3v) is 2.53. The standard InChI is InChI=1S/C13H22N6O2/c1-4-5-14-11-9-17-10(8-18-11)12(20)15-6-7-16-13(21)19(2)3/h8-9H,4-7H2,1-3H3,(H,14,18)(H,15,20)(H,16,21). The van der Waals surface area contributed by atoms with Crippen LogP contribution in [0.15, 0.2) is 12.4 Å². The second-order valence-corrected chi connectivity index (χ2v) is 4.60. The van der Waals surface area contributed by atoms with Crippen molar-refractivity contribution in [1.29, 1.82) is 0 Å². The molecule has 0 saturated heterocycles. The number of carbonyl (C=O) groups is 2. The molecule has 0 saturated carbocycles. The van der Waals surface area contributed by atoms with Crippen LogP contribution in [0.3, 0.4) is 0 Å². The molecule has 1 rings (SSSR count). The number of carbonyl (C=O) groups excluding carboxylic acids is 2. The average molecular weight is 294 g/mol. The SMILES string of the molecule is CCCNc1cnc(C(=O)NCCNC(=O)N(C)C)cn1. The van der Waals surface area contributed by atoms with E-state index in [1.165, 1.54) is 17.3 Å². The molecule has 0 unspecified atom stereocenters. The fourth-order valence-corrected chi connectivity index (χ4v) is 1.38. The van der Waals surface area contributed by atoms with Gasteiger partial charge in [-0.3, -0.25) is 4.79 Å². The fourth-order valence-electron chi connectivity index (χ4n) is 1.38. The number of rotatable bonds is 7. The predicted molar refractivity (Wildman–Crippen MR) is 80.2 cm³/mol. The van der Waals surface area contributed by atoms with E-state index in [1.807, 2.05) is 0 Å². The highest BCUT2D eigenvalue weighted by Gasteiger charge is 2.08. The minimum atomic E-state index is -0.316. The van der Waals surface area contributed by atoms with E-state index in [-0.39, 0.29) is 17.6 Å². The molecule has 0 bridgehead atoms. The summed E-state index contributed by atoms with van der Waals surface area (Å²) in [6, 6.07) is -0.199. The quantitative estimate of drug-likeness (QED) is 0.628. The van der Waals surface area contributed by atoms with E-state index in [0.29, 0.717) is 18.9 Å². The van der Waals surface area contributed by atoms with Gasteiger partial charge in [-0.15, -0.1) is 0 Å². The van der Waals surface area contributed by atoms with E-state index in [0.717, 1.165) is 13.0 Å². The van der Waals surface area contributed by atoms with Crippen LogP contribution in [0, 0.1) is 0 Å². The van der Waals surface area contributed by atoms with Crippen molar-refractivity contribution in [3.8, 4) is 0 Å². The second kappa shape index (κ2) is 8.72. The first-order chi connectivity index (χ1) is 10.0. The van der Waals surface area contributed by atoms with Gasteiger partial charge in [0.25, 0.3) is 5.91 Å². The van der Waals surface area contributed by atoms with Crippen LogP contribution in [0.4, 0.5) is 10.6 Å². The van der Waals surface area contributed by atoms with Crippen LogP contribution in [-0.2, 0) is 0 Å². The molecule has 0 spiro atoms. The molecule has 0 radical (unpaired) electrons. The lowest BCUT2D eigenvalue weighted by molar-refractivity contribution is 0.0948. The van der Waals surface area contributed by atoms with Gasteiger partial charge in [0.2, 0.25) is 0 Å². The summed E-state index contributed by atoms with van der Waals surface area (Å²) in [5.41, 5.74) is 0.246. The van der Waals surface area contributed by atoms with Crippen molar-refractivity contribution >= 4 is 17.8 Å². The van der Waals surface area contributed by atoms with E-state index in [2.05, 4.69) is 32.8 Å². The molecular weight excluding hydrogens is 272 g/mol. The molecule has 3 N–H and O–H groups in total. The van der Waals surface area contributed by atoms with Crippen LogP contribution in [0.5, 0.6) is 0 Å². The zero-order chi connectivity index (χ0) is 15.7. The number of hydrogen-bond donors (Lipinski definition) is 3. The molecule has 8 heteroatoms. The van der Waals surface area contributed by atoms with Crippen molar-refractivity contribution < 1.29 is 9.59 Å². The largest absolute Gasteiger partial charge is 0.369 e. The highest BCUT2D eigenvalue weighted by molar-refractivity contribution is 5.92. The summed E-state index contributed by atoms with van der Waals surface area (Å²) in [5, 5.41) is 8.39. The van der Waals surface area contributed by atoms with E-state index < -0.39 is 0 Å². The summed E-state index contributed by atoms with van der Waals surface area (Å²) in [6.45, 7) is 3.55. The van der Waals surface area contributed by atoms with Crippen LogP contribution in [0.2, 0.25) is 0 Å². The number of amides is 3. The van der Waals surface area contributed by atoms with Gasteiger partial charge in [0.1, 0.15) is 11.5 Å². The van der Waals surface area contributed by atoms with E-state index in [9.17, 15) is 9.59 Å². The molecule has 116 valence electrons. The van der Waals surface area contributed by atoms with Crippen LogP contribution in [-0.4, -0.2) is 60.5 Å². The summed E-state index contributed by atoms with van der Waals surface area (Å²) in [6.07, 6.45) is 3.94. The van der Waals surface area contributed by atoms with E-state index >= 15 is 0 Å². The highest BCUT2D eigenvalue weighted by atomic mass is 16.2. The van der Waals surface area contributed by atoms with Crippen LogP contribution in [0.25, 0.3) is 0 Å². The molecule has 0 aliphatic rings. The number of hydrogen-bond acceptors (Lipinski definition) is 5. The Morgan fingerprint density at radius 1 is 1.10 bits per heavy atom. The van der Waals surface area contributed by atoms with Gasteiger partial charge in [-0.1, -0.05) is 6.92 Å². The lowest BCUT2D eigenvalue weighted by Gasteiger charge is -2.12. The molecule has 1 heterocycles. The van der Waals surface area contributed by atoms with Crippen molar-refractivity contribution in [3.63, 3.8) is 0 Å². The van der Waals surface area contributed by atoms with Gasteiger partial charge in [0.15, 0.2) is 0 Å². The maximum atomic E-state index is 11.8. The van der Waals surface area contributed by atoms with Gasteiger partial charge in [-0.2, -0.15) is 0 Å². The van der Waals surface area contributed by atoms with Gasteiger partial charge in [0, 0.05) is 33.7 Å². The number of urea groups is 1. The molecule has 0 atom stereocenters. The van der Waals surface area contributed by atoms with Crippen LogP contribution in [0.1, 0.15) is 23.8 Å². The van der Waals surface area contributed by atoms with Gasteiger partial charge >= 0.3 is 6.03 Å². The topological polar surface area (TPSA) is 99.2 Å². The molecule has 3 amide bonds. The Morgan fingerprint density at radius 3 is 2.38 bits per heavy atom. The maximum absolute atomic E-state index is 11.8. The van der Waals surface area contributed by atoms with Crippen molar-refractivity contribution in [3.05, 3.63) is 18.1 Å². The van der Waals surface area contributed by atoms with E-state index in [4.69, 9.17) is 0 Å². The molecule has 0 aliphatic carbocycles. The van der Waals surface area contributed by atoms with Crippen molar-refractivity contribution in [1.82, 2.24) is 25.5 Å². The summed E-state index contributed by atoms with van der Waals surface area (Å²) >= 11 is 0. The maximum Gasteiger partial charge on any atom is 0.316 e. The third-order valence-electron chi connectivity index (χ3n) is 2.53.